The van der Waals surface area contributed by atoms with Gasteiger partial charge in [0.2, 0.25) is 0 Å². The van der Waals surface area contributed by atoms with Gasteiger partial charge in [0.15, 0.2) is 5.78 Å². The Hall–Kier alpha value is -3.54. The van der Waals surface area contributed by atoms with Gasteiger partial charge in [-0.05, 0) is 36.1 Å². The lowest BCUT2D eigenvalue weighted by atomic mass is 10.0. The van der Waals surface area contributed by atoms with Gasteiger partial charge < -0.3 is 9.26 Å². The highest BCUT2D eigenvalue weighted by atomic mass is 31.1. The molecule has 1 N–H and O–H groups in total. The van der Waals surface area contributed by atoms with Gasteiger partial charge in [0, 0.05) is 5.56 Å². The first-order valence-electron chi connectivity index (χ1n) is 10.4. The Morgan fingerprint density at radius 2 is 1.58 bits per heavy atom. The molecule has 0 aliphatic rings. The topological polar surface area (TPSA) is 98.8 Å². The third kappa shape index (κ3) is 7.52. The number of benzene rings is 3. The lowest BCUT2D eigenvalue weighted by Crippen LogP contribution is -2.42. The van der Waals surface area contributed by atoms with E-state index in [4.69, 9.17) is 9.26 Å². The minimum Gasteiger partial charge on any atom is -0.460 e. The highest BCUT2D eigenvalue weighted by molar-refractivity contribution is 7.25. The summed E-state index contributed by atoms with van der Waals surface area (Å²) in [5, 5.41) is 3.02. The first-order chi connectivity index (χ1) is 15.9. The Kier molecular flexibility index (Phi) is 8.70. The fourth-order valence-corrected chi connectivity index (χ4v) is 3.63. The van der Waals surface area contributed by atoms with E-state index in [0.29, 0.717) is 11.1 Å². The normalized spacial score (nSPS) is 11.4. The Morgan fingerprint density at radius 1 is 0.909 bits per heavy atom. The summed E-state index contributed by atoms with van der Waals surface area (Å²) in [6, 6.07) is 22.3. The summed E-state index contributed by atoms with van der Waals surface area (Å²) >= 11 is 0. The molecule has 3 aromatic rings. The lowest BCUT2D eigenvalue weighted by Gasteiger charge is -2.18. The molecule has 0 heterocycles. The van der Waals surface area contributed by atoms with E-state index in [1.807, 2.05) is 36.4 Å². The maximum absolute atomic E-state index is 12.9. The monoisotopic (exact) mass is 465 g/mol. The van der Waals surface area contributed by atoms with Gasteiger partial charge in [-0.25, -0.2) is 0 Å². The molecular formula is C25H24NO6P. The van der Waals surface area contributed by atoms with Crippen LogP contribution < -0.4 is 9.84 Å². The second-order valence-corrected chi connectivity index (χ2v) is 8.06. The van der Waals surface area contributed by atoms with Crippen molar-refractivity contribution in [3.05, 3.63) is 101 Å². The number of carbonyl (C=O) groups is 2. The third-order valence-electron chi connectivity index (χ3n) is 4.97. The molecule has 0 fully saturated rings. The number of aryl methyl sites for hydroxylation is 1. The van der Waals surface area contributed by atoms with Gasteiger partial charge in [-0.15, -0.1) is 0 Å². The maximum Gasteiger partial charge on any atom is 0.529 e. The van der Waals surface area contributed by atoms with Gasteiger partial charge in [0.25, 0.3) is 0 Å². The molecule has 0 saturated carbocycles. The highest BCUT2D eigenvalue weighted by Crippen LogP contribution is 2.25. The number of ether oxygens (including phenoxy) is 1. The predicted molar refractivity (Wildman–Crippen MR) is 123 cm³/mol. The standard InChI is InChI=1S/C25H24NO6P/c1-18-14-20(12-13-24(18)32-33(29)30)15-22(25(28)31-17-19-8-4-2-5-9-19)26-16-23(27)21-10-6-3-7-11-21/h2-14,22,26H,15-17H2,1H3/t22-/m0/s1. The van der Waals surface area contributed by atoms with Crippen molar-refractivity contribution in [1.82, 2.24) is 5.32 Å². The van der Waals surface area contributed by atoms with Crippen molar-refractivity contribution < 1.29 is 28.0 Å². The minimum absolute atomic E-state index is 0.0358. The SMILES string of the molecule is Cc1cc(C[C@H](NCC(=O)c2ccccc2)C(=O)OCc2ccccc2)ccc1OP(=O)=O. The second-order valence-electron chi connectivity index (χ2n) is 7.43. The smallest absolute Gasteiger partial charge is 0.460 e. The summed E-state index contributed by atoms with van der Waals surface area (Å²) in [6.45, 7) is 1.80. The predicted octanol–water partition coefficient (Wildman–Crippen LogP) is 4.59. The van der Waals surface area contributed by atoms with Gasteiger partial charge in [0.05, 0.1) is 6.54 Å². The van der Waals surface area contributed by atoms with Gasteiger partial charge >= 0.3 is 13.9 Å². The molecule has 0 spiro atoms. The van der Waals surface area contributed by atoms with Gasteiger partial charge in [-0.3, -0.25) is 14.9 Å². The van der Waals surface area contributed by atoms with E-state index >= 15 is 0 Å². The fourth-order valence-electron chi connectivity index (χ4n) is 3.27. The van der Waals surface area contributed by atoms with E-state index in [1.165, 1.54) is 6.07 Å². The van der Waals surface area contributed by atoms with Crippen LogP contribution in [0.3, 0.4) is 0 Å². The summed E-state index contributed by atoms with van der Waals surface area (Å²) in [5.74, 6) is -0.402. The molecule has 0 aromatic heterocycles. The lowest BCUT2D eigenvalue weighted by molar-refractivity contribution is -0.147. The molecule has 3 rings (SSSR count). The van der Waals surface area contributed by atoms with Crippen molar-refractivity contribution in [2.24, 2.45) is 0 Å². The van der Waals surface area contributed by atoms with Crippen LogP contribution in [-0.2, 0) is 31.7 Å². The Balaban J connectivity index is 1.71. The Labute approximate surface area is 192 Å². The summed E-state index contributed by atoms with van der Waals surface area (Å²) in [5.41, 5.74) is 2.78. The van der Waals surface area contributed by atoms with E-state index in [-0.39, 0.29) is 31.1 Å². The van der Waals surface area contributed by atoms with Gasteiger partial charge in [-0.2, -0.15) is 9.13 Å². The van der Waals surface area contributed by atoms with Crippen LogP contribution in [0.2, 0.25) is 0 Å². The van der Waals surface area contributed by atoms with Crippen molar-refractivity contribution >= 4 is 19.7 Å². The number of rotatable bonds is 11. The van der Waals surface area contributed by atoms with Crippen molar-refractivity contribution in [1.29, 1.82) is 0 Å². The molecule has 7 nitrogen and oxygen atoms in total. The van der Waals surface area contributed by atoms with Crippen LogP contribution in [-0.4, -0.2) is 24.3 Å². The van der Waals surface area contributed by atoms with Crippen LogP contribution in [0.25, 0.3) is 0 Å². The summed E-state index contributed by atoms with van der Waals surface area (Å²) in [4.78, 5) is 25.4. The second kappa shape index (κ2) is 11.9. The number of hydrogen-bond donors (Lipinski definition) is 1. The molecule has 0 bridgehead atoms. The quantitative estimate of drug-likeness (QED) is 0.251. The van der Waals surface area contributed by atoms with E-state index in [9.17, 15) is 18.7 Å². The van der Waals surface area contributed by atoms with E-state index in [0.717, 1.165) is 11.1 Å². The number of nitrogens with one attached hydrogen (secondary N) is 1. The molecule has 1 atom stereocenters. The summed E-state index contributed by atoms with van der Waals surface area (Å²) in [7, 11) is -3.02. The van der Waals surface area contributed by atoms with E-state index < -0.39 is 19.9 Å². The number of carbonyl (C=O) groups excluding carboxylic acids is 2. The van der Waals surface area contributed by atoms with Crippen molar-refractivity contribution in [2.45, 2.75) is 26.0 Å². The zero-order valence-corrected chi connectivity index (χ0v) is 19.0. The molecule has 3 aromatic carbocycles. The van der Waals surface area contributed by atoms with Gasteiger partial charge in [-0.1, -0.05) is 72.8 Å². The zero-order valence-electron chi connectivity index (χ0n) is 18.1. The van der Waals surface area contributed by atoms with Crippen LogP contribution >= 0.6 is 7.91 Å². The van der Waals surface area contributed by atoms with Crippen LogP contribution in [0.1, 0.15) is 27.0 Å². The third-order valence-corrected chi connectivity index (χ3v) is 5.31. The number of Topliss-reactive ketones (excluding diaryl/α,β-unsaturated/α-hetero) is 1. The largest absolute Gasteiger partial charge is 0.529 e. The van der Waals surface area contributed by atoms with E-state index in [1.54, 1.807) is 43.3 Å². The van der Waals surface area contributed by atoms with Crippen molar-refractivity contribution in [3.63, 3.8) is 0 Å². The first-order valence-corrected chi connectivity index (χ1v) is 11.5. The van der Waals surface area contributed by atoms with Gasteiger partial charge in [0.1, 0.15) is 18.4 Å². The van der Waals surface area contributed by atoms with Crippen molar-refractivity contribution in [3.8, 4) is 5.75 Å². The zero-order chi connectivity index (χ0) is 23.6. The van der Waals surface area contributed by atoms with Crippen LogP contribution in [0.4, 0.5) is 0 Å². The molecule has 33 heavy (non-hydrogen) atoms. The van der Waals surface area contributed by atoms with Crippen LogP contribution in [0, 0.1) is 6.92 Å². The number of hydrogen-bond acceptors (Lipinski definition) is 7. The molecule has 170 valence electrons. The average Bonchev–Trinajstić information content (AvgIpc) is 2.82. The average molecular weight is 465 g/mol. The molecule has 8 heteroatoms. The molecule has 0 saturated heterocycles. The molecule has 0 radical (unpaired) electrons. The van der Waals surface area contributed by atoms with Crippen molar-refractivity contribution in [2.75, 3.05) is 6.54 Å². The van der Waals surface area contributed by atoms with Crippen LogP contribution in [0.5, 0.6) is 5.75 Å². The fraction of sp³-hybridized carbons (Fsp3) is 0.200. The van der Waals surface area contributed by atoms with Crippen LogP contribution in [0.15, 0.2) is 78.9 Å². The minimum atomic E-state index is -3.02. The molecule has 0 aliphatic heterocycles. The first kappa shape index (κ1) is 24.1. The number of ketones is 1. The Bertz CT molecular complexity index is 1150. The highest BCUT2D eigenvalue weighted by Gasteiger charge is 2.22. The Morgan fingerprint density at radius 3 is 2.21 bits per heavy atom. The molecular weight excluding hydrogens is 441 g/mol. The maximum atomic E-state index is 12.9. The molecule has 0 amide bonds. The number of esters is 1. The molecule has 0 aliphatic carbocycles. The van der Waals surface area contributed by atoms with E-state index in [2.05, 4.69) is 5.32 Å². The molecule has 0 unspecified atom stereocenters. The summed E-state index contributed by atoms with van der Waals surface area (Å²) in [6.07, 6.45) is 0.250. The summed E-state index contributed by atoms with van der Waals surface area (Å²) < 4.78 is 31.9.